The molecule has 1 aliphatic heterocycles. The van der Waals surface area contributed by atoms with Gasteiger partial charge in [0.25, 0.3) is 5.56 Å². The minimum Gasteiger partial charge on any atom is -0.445 e. The zero-order valence-corrected chi connectivity index (χ0v) is 15.1. The average Bonchev–Trinajstić information content (AvgIpc) is 3.04. The lowest BCUT2D eigenvalue weighted by atomic mass is 10.2. The number of hydrogen-bond acceptors (Lipinski definition) is 7. The quantitative estimate of drug-likeness (QED) is 0.496. The number of H-pyrrole nitrogens is 1. The molecule has 3 rings (SSSR count). The maximum absolute atomic E-state index is 11.9. The third-order valence-electron chi connectivity index (χ3n) is 4.21. The highest BCUT2D eigenvalue weighted by Crippen LogP contribution is 2.27. The number of aliphatic hydroxyl groups excluding tert-OH is 1. The largest absolute Gasteiger partial charge is 0.445 e. The lowest BCUT2D eigenvalue weighted by Gasteiger charge is -2.16. The number of carbonyl (C=O) groups excluding carboxylic acids is 1. The van der Waals surface area contributed by atoms with Gasteiger partial charge in [-0.3, -0.25) is 14.3 Å². The van der Waals surface area contributed by atoms with E-state index in [0.29, 0.717) is 5.56 Å². The van der Waals surface area contributed by atoms with E-state index in [9.17, 15) is 19.5 Å². The molecule has 2 aromatic rings. The summed E-state index contributed by atoms with van der Waals surface area (Å²) in [6.45, 7) is 1.34. The van der Waals surface area contributed by atoms with Crippen LogP contribution in [0.15, 0.2) is 51.2 Å². The topological polar surface area (TPSA) is 135 Å². The van der Waals surface area contributed by atoms with Crippen molar-refractivity contribution in [3.63, 3.8) is 0 Å². The molecule has 0 spiro atoms. The monoisotopic (exact) mass is 388 g/mol. The van der Waals surface area contributed by atoms with Gasteiger partial charge in [0.05, 0.1) is 12.3 Å². The van der Waals surface area contributed by atoms with Crippen LogP contribution in [0, 0.1) is 6.92 Å². The Morgan fingerprint density at radius 2 is 2.18 bits per heavy atom. The van der Waals surface area contributed by atoms with Crippen molar-refractivity contribution in [2.45, 2.75) is 31.8 Å². The Labute approximate surface area is 159 Å². The number of aliphatic hydroxyl groups is 1. The number of aryl methyl sites for hydroxylation is 1. The second kappa shape index (κ2) is 8.63. The molecule has 0 unspecified atom stereocenters. The molecule has 1 aromatic heterocycles. The van der Waals surface area contributed by atoms with Crippen LogP contribution in [0.4, 0.5) is 4.79 Å². The molecule has 148 valence electrons. The molecule has 1 fully saturated rings. The average molecular weight is 388 g/mol. The number of rotatable bonds is 5. The van der Waals surface area contributed by atoms with Crippen LogP contribution < -0.4 is 16.7 Å². The van der Waals surface area contributed by atoms with Gasteiger partial charge in [0.15, 0.2) is 0 Å². The molecule has 10 nitrogen and oxygen atoms in total. The summed E-state index contributed by atoms with van der Waals surface area (Å²) in [4.78, 5) is 37.3. The van der Waals surface area contributed by atoms with Gasteiger partial charge in [0.2, 0.25) is 0 Å². The Bertz CT molecular complexity index is 968. The molecule has 0 aliphatic carbocycles. The molecule has 0 bridgehead atoms. The fraction of sp³-hybridized carbons (Fsp3) is 0.333. The van der Waals surface area contributed by atoms with E-state index in [1.54, 1.807) is 6.92 Å². The predicted molar refractivity (Wildman–Crippen MR) is 99.1 cm³/mol. The van der Waals surface area contributed by atoms with Crippen LogP contribution in [0.2, 0.25) is 0 Å². The summed E-state index contributed by atoms with van der Waals surface area (Å²) in [5.41, 5.74) is 2.24. The molecule has 1 amide bonds. The van der Waals surface area contributed by atoms with Gasteiger partial charge in [0, 0.05) is 18.2 Å². The maximum Gasteiger partial charge on any atom is 0.427 e. The van der Waals surface area contributed by atoms with Crippen LogP contribution in [-0.2, 0) is 9.47 Å². The summed E-state index contributed by atoms with van der Waals surface area (Å²) in [6.07, 6.45) is -0.379. The van der Waals surface area contributed by atoms with Gasteiger partial charge in [-0.1, -0.05) is 30.3 Å². The number of nitrogens with one attached hydrogen (secondary N) is 2. The van der Waals surface area contributed by atoms with Crippen molar-refractivity contribution < 1.29 is 19.4 Å². The Morgan fingerprint density at radius 1 is 1.43 bits per heavy atom. The fourth-order valence-electron chi connectivity index (χ4n) is 2.72. The van der Waals surface area contributed by atoms with Crippen LogP contribution in [0.5, 0.6) is 0 Å². The van der Waals surface area contributed by atoms with Crippen molar-refractivity contribution in [3.05, 3.63) is 68.5 Å². The van der Waals surface area contributed by atoms with Crippen LogP contribution in [0.3, 0.4) is 0 Å². The van der Waals surface area contributed by atoms with Crippen molar-refractivity contribution in [2.24, 2.45) is 5.10 Å². The lowest BCUT2D eigenvalue weighted by Crippen LogP contribution is -2.33. The van der Waals surface area contributed by atoms with E-state index in [1.165, 1.54) is 17.0 Å². The molecule has 28 heavy (non-hydrogen) atoms. The second-order valence-electron chi connectivity index (χ2n) is 6.29. The first-order valence-electron chi connectivity index (χ1n) is 8.60. The Morgan fingerprint density at radius 3 is 2.93 bits per heavy atom. The number of aromatic nitrogens is 2. The normalized spacial score (nSPS) is 21.7. The molecule has 1 aliphatic rings. The zero-order chi connectivity index (χ0) is 20.1. The van der Waals surface area contributed by atoms with E-state index in [4.69, 9.17) is 9.47 Å². The second-order valence-corrected chi connectivity index (χ2v) is 6.29. The van der Waals surface area contributed by atoms with Crippen molar-refractivity contribution >= 4 is 12.3 Å². The molecular formula is C18H20N4O6. The number of amides is 1. The van der Waals surface area contributed by atoms with E-state index in [1.807, 2.05) is 30.3 Å². The highest BCUT2D eigenvalue weighted by molar-refractivity contribution is 5.80. The molecule has 10 heteroatoms. The van der Waals surface area contributed by atoms with Crippen molar-refractivity contribution in [1.29, 1.82) is 0 Å². The molecule has 1 aromatic carbocycles. The van der Waals surface area contributed by atoms with Gasteiger partial charge >= 0.3 is 11.8 Å². The first kappa shape index (κ1) is 19.5. The van der Waals surface area contributed by atoms with Crippen molar-refractivity contribution in [2.75, 3.05) is 6.61 Å². The summed E-state index contributed by atoms with van der Waals surface area (Å²) in [7, 11) is 0. The maximum atomic E-state index is 11.9. The van der Waals surface area contributed by atoms with E-state index in [0.717, 1.165) is 5.56 Å². The van der Waals surface area contributed by atoms with E-state index in [-0.39, 0.29) is 13.0 Å². The minimum atomic E-state index is -0.940. The number of benzene rings is 1. The van der Waals surface area contributed by atoms with E-state index < -0.39 is 35.8 Å². The standard InChI is InChI=1S/C18H20N4O6/c1-11-9-22(17(25)20-16(11)24)15-7-13(23)14(28-15)10-27-18(26)21-19-8-12-5-3-2-4-6-12/h2-6,8-9,13-15,23H,7,10H2,1H3,(H,21,26)(H,20,24,25)/b19-8+/t13-,14+,15+/m0/s1. The van der Waals surface area contributed by atoms with Crippen LogP contribution in [-0.4, -0.2) is 45.8 Å². The molecule has 0 saturated carbocycles. The lowest BCUT2D eigenvalue weighted by molar-refractivity contribution is -0.0489. The van der Waals surface area contributed by atoms with E-state index in [2.05, 4.69) is 15.5 Å². The summed E-state index contributed by atoms with van der Waals surface area (Å²) in [5, 5.41) is 13.9. The van der Waals surface area contributed by atoms with Gasteiger partial charge in [-0.2, -0.15) is 5.10 Å². The number of aromatic amines is 1. The molecule has 2 heterocycles. The van der Waals surface area contributed by atoms with Crippen LogP contribution >= 0.6 is 0 Å². The smallest absolute Gasteiger partial charge is 0.427 e. The molecule has 3 atom stereocenters. The summed E-state index contributed by atoms with van der Waals surface area (Å²) < 4.78 is 11.8. The number of hydrogen-bond donors (Lipinski definition) is 3. The van der Waals surface area contributed by atoms with Gasteiger partial charge in [-0.15, -0.1) is 0 Å². The SMILES string of the molecule is Cc1cn([C@H]2C[C@H](O)[C@@H](COC(=O)N/N=C/c3ccccc3)O2)c(=O)[nH]c1=O. The number of ether oxygens (including phenoxy) is 2. The van der Waals surface area contributed by atoms with Crippen molar-refractivity contribution in [3.8, 4) is 0 Å². The third kappa shape index (κ3) is 4.72. The molecule has 1 saturated heterocycles. The Balaban J connectivity index is 1.52. The fourth-order valence-corrected chi connectivity index (χ4v) is 2.72. The summed E-state index contributed by atoms with van der Waals surface area (Å²) in [6, 6.07) is 9.18. The number of nitrogens with zero attached hydrogens (tertiary/aromatic N) is 2. The van der Waals surface area contributed by atoms with E-state index >= 15 is 0 Å². The molecule has 0 radical (unpaired) electrons. The Hall–Kier alpha value is -3.24. The third-order valence-corrected chi connectivity index (χ3v) is 4.21. The van der Waals surface area contributed by atoms with Gasteiger partial charge in [-0.25, -0.2) is 15.0 Å². The van der Waals surface area contributed by atoms with Crippen molar-refractivity contribution in [1.82, 2.24) is 15.0 Å². The summed E-state index contributed by atoms with van der Waals surface area (Å²) >= 11 is 0. The number of hydrazone groups is 1. The molecule has 3 N–H and O–H groups in total. The summed E-state index contributed by atoms with van der Waals surface area (Å²) in [5.74, 6) is 0. The minimum absolute atomic E-state index is 0.118. The number of carbonyl (C=O) groups is 1. The first-order chi connectivity index (χ1) is 13.4. The van der Waals surface area contributed by atoms with Gasteiger partial charge in [-0.05, 0) is 12.5 Å². The zero-order valence-electron chi connectivity index (χ0n) is 15.1. The van der Waals surface area contributed by atoms with Gasteiger partial charge in [0.1, 0.15) is 18.9 Å². The highest BCUT2D eigenvalue weighted by Gasteiger charge is 2.36. The highest BCUT2D eigenvalue weighted by atomic mass is 16.6. The Kier molecular flexibility index (Phi) is 6.02. The van der Waals surface area contributed by atoms with Crippen LogP contribution in [0.1, 0.15) is 23.8 Å². The van der Waals surface area contributed by atoms with Gasteiger partial charge < -0.3 is 14.6 Å². The molecular weight excluding hydrogens is 368 g/mol. The van der Waals surface area contributed by atoms with Crippen LogP contribution in [0.25, 0.3) is 0 Å². The predicted octanol–water partition coefficient (Wildman–Crippen LogP) is 0.254. The first-order valence-corrected chi connectivity index (χ1v) is 8.60.